The molecule has 8 heteroatoms. The maximum atomic E-state index is 12.6. The molecule has 2 aromatic carbocycles. The number of ether oxygens (including phenoxy) is 2. The molecule has 1 aromatic heterocycles. The summed E-state index contributed by atoms with van der Waals surface area (Å²) in [6.45, 7) is 5.30. The van der Waals surface area contributed by atoms with Crippen molar-refractivity contribution in [3.63, 3.8) is 0 Å². The summed E-state index contributed by atoms with van der Waals surface area (Å²) >= 11 is 0. The Morgan fingerprint density at radius 3 is 2.78 bits per heavy atom. The largest absolute Gasteiger partial charge is 0.481 e. The summed E-state index contributed by atoms with van der Waals surface area (Å²) in [4.78, 5) is 31.8. The van der Waals surface area contributed by atoms with Gasteiger partial charge in [0, 0.05) is 24.6 Å². The zero-order chi connectivity index (χ0) is 25.4. The average Bonchev–Trinajstić information content (AvgIpc) is 3.25. The average molecular weight is 492 g/mol. The number of imidazole rings is 1. The number of rotatable bonds is 5. The van der Waals surface area contributed by atoms with Gasteiger partial charge in [-0.1, -0.05) is 29.8 Å². The van der Waals surface area contributed by atoms with Crippen molar-refractivity contribution in [1.29, 1.82) is 0 Å². The van der Waals surface area contributed by atoms with E-state index in [9.17, 15) is 14.7 Å². The van der Waals surface area contributed by atoms with Gasteiger partial charge in [-0.25, -0.2) is 9.78 Å². The van der Waals surface area contributed by atoms with E-state index in [2.05, 4.69) is 4.57 Å². The first-order valence-electron chi connectivity index (χ1n) is 12.7. The molecular weight excluding hydrogens is 458 g/mol. The fourth-order valence-corrected chi connectivity index (χ4v) is 5.72. The first-order valence-corrected chi connectivity index (χ1v) is 12.7. The fraction of sp³-hybridized carbons (Fsp3) is 0.464. The minimum Gasteiger partial charge on any atom is -0.481 e. The molecule has 0 radical (unpaired) electrons. The van der Waals surface area contributed by atoms with Gasteiger partial charge < -0.3 is 19.1 Å². The van der Waals surface area contributed by atoms with Crippen molar-refractivity contribution in [3.05, 3.63) is 58.9 Å². The van der Waals surface area contributed by atoms with Crippen LogP contribution in [0.3, 0.4) is 0 Å². The van der Waals surface area contributed by atoms with E-state index in [1.165, 1.54) is 7.11 Å². The molecule has 0 bridgehead atoms. The summed E-state index contributed by atoms with van der Waals surface area (Å²) in [5.74, 6) is -0.842. The smallest absolute Gasteiger partial charge is 0.414 e. The van der Waals surface area contributed by atoms with Gasteiger partial charge in [-0.3, -0.25) is 9.69 Å². The SMILES string of the molecule is COC(=O)N1c2ccc3c(nc(C[C@H](C(=O)O)c4cccc(C)c4)n3[C@H]3CCCOC3)c2CC[C@@H]1C. The number of aliphatic carboxylic acids is 1. The quantitative estimate of drug-likeness (QED) is 0.539. The minimum atomic E-state index is -0.869. The molecule has 36 heavy (non-hydrogen) atoms. The number of fused-ring (bicyclic) bond motifs is 3. The second kappa shape index (κ2) is 9.93. The van der Waals surface area contributed by atoms with Gasteiger partial charge in [0.05, 0.1) is 42.4 Å². The van der Waals surface area contributed by atoms with Gasteiger partial charge in [-0.05, 0) is 57.2 Å². The predicted molar refractivity (Wildman–Crippen MR) is 137 cm³/mol. The molecular formula is C28H33N3O5. The Labute approximate surface area is 210 Å². The zero-order valence-corrected chi connectivity index (χ0v) is 21.1. The van der Waals surface area contributed by atoms with Crippen LogP contribution in [0.15, 0.2) is 36.4 Å². The predicted octanol–water partition coefficient (Wildman–Crippen LogP) is 5.01. The lowest BCUT2D eigenvalue weighted by atomic mass is 9.94. The highest BCUT2D eigenvalue weighted by molar-refractivity contribution is 5.95. The number of hydrogen-bond donors (Lipinski definition) is 1. The number of methoxy groups -OCH3 is 1. The van der Waals surface area contributed by atoms with E-state index in [-0.39, 0.29) is 24.6 Å². The fourth-order valence-electron chi connectivity index (χ4n) is 5.72. The van der Waals surface area contributed by atoms with Gasteiger partial charge in [0.15, 0.2) is 0 Å². The van der Waals surface area contributed by atoms with Gasteiger partial charge in [0.25, 0.3) is 0 Å². The van der Waals surface area contributed by atoms with Crippen LogP contribution in [0.1, 0.15) is 60.7 Å². The maximum absolute atomic E-state index is 12.6. The molecule has 2 aliphatic rings. The molecule has 0 spiro atoms. The number of hydrogen-bond acceptors (Lipinski definition) is 5. The highest BCUT2D eigenvalue weighted by atomic mass is 16.5. The highest BCUT2D eigenvalue weighted by Gasteiger charge is 2.33. The van der Waals surface area contributed by atoms with Crippen LogP contribution < -0.4 is 4.90 Å². The van der Waals surface area contributed by atoms with Gasteiger partial charge in [-0.2, -0.15) is 0 Å². The third-order valence-electron chi connectivity index (χ3n) is 7.53. The summed E-state index contributed by atoms with van der Waals surface area (Å²) < 4.78 is 13.1. The maximum Gasteiger partial charge on any atom is 0.414 e. The van der Waals surface area contributed by atoms with E-state index in [0.29, 0.717) is 6.61 Å². The monoisotopic (exact) mass is 491 g/mol. The van der Waals surface area contributed by atoms with Crippen LogP contribution in [0.2, 0.25) is 0 Å². The van der Waals surface area contributed by atoms with Gasteiger partial charge in [0.2, 0.25) is 0 Å². The number of anilines is 1. The van der Waals surface area contributed by atoms with Gasteiger partial charge in [0.1, 0.15) is 5.82 Å². The van der Waals surface area contributed by atoms with Crippen LogP contribution in [0, 0.1) is 6.92 Å². The van der Waals surface area contributed by atoms with Crippen molar-refractivity contribution >= 4 is 28.8 Å². The number of nitrogens with zero attached hydrogens (tertiary/aromatic N) is 3. The lowest BCUT2D eigenvalue weighted by molar-refractivity contribution is -0.138. The minimum absolute atomic E-state index is 0.0217. The molecule has 3 heterocycles. The van der Waals surface area contributed by atoms with E-state index in [1.54, 1.807) is 4.90 Å². The lowest BCUT2D eigenvalue weighted by Crippen LogP contribution is -2.42. The molecule has 8 nitrogen and oxygen atoms in total. The molecule has 0 unspecified atom stereocenters. The molecule has 190 valence electrons. The molecule has 0 aliphatic carbocycles. The number of carboxylic acids is 1. The Morgan fingerprint density at radius 1 is 1.25 bits per heavy atom. The number of carbonyl (C=O) groups excluding carboxylic acids is 1. The second-order valence-electron chi connectivity index (χ2n) is 9.94. The van der Waals surface area contributed by atoms with E-state index >= 15 is 0 Å². The van der Waals surface area contributed by atoms with Crippen molar-refractivity contribution in [2.45, 2.75) is 64.0 Å². The Balaban J connectivity index is 1.65. The Bertz CT molecular complexity index is 1290. The third-order valence-corrected chi connectivity index (χ3v) is 7.53. The van der Waals surface area contributed by atoms with Crippen LogP contribution in [-0.4, -0.2) is 53.1 Å². The van der Waals surface area contributed by atoms with E-state index in [1.807, 2.05) is 50.2 Å². The summed E-state index contributed by atoms with van der Waals surface area (Å²) in [6.07, 6.45) is 3.38. The van der Waals surface area contributed by atoms with Crippen LogP contribution in [0.5, 0.6) is 0 Å². The first kappa shape index (κ1) is 24.3. The molecule has 2 aliphatic heterocycles. The van der Waals surface area contributed by atoms with E-state index in [4.69, 9.17) is 14.5 Å². The third kappa shape index (κ3) is 4.34. The van der Waals surface area contributed by atoms with Crippen molar-refractivity contribution < 1.29 is 24.2 Å². The molecule has 1 N–H and O–H groups in total. The molecule has 0 saturated carbocycles. The number of aromatic nitrogens is 2. The van der Waals surface area contributed by atoms with E-state index in [0.717, 1.165) is 71.5 Å². The van der Waals surface area contributed by atoms with Crippen LogP contribution in [0.4, 0.5) is 10.5 Å². The summed E-state index contributed by atoms with van der Waals surface area (Å²) in [6, 6.07) is 11.8. The Morgan fingerprint density at radius 2 is 2.08 bits per heavy atom. The highest BCUT2D eigenvalue weighted by Crippen LogP contribution is 2.39. The standard InChI is InChI=1S/C28H33N3O5/c1-17-6-4-7-19(14-17)22(27(32)33)15-25-29-26-21-10-9-18(2)30(28(34)35-3)23(21)11-12-24(26)31(25)20-8-5-13-36-16-20/h4,6-7,11-12,14,18,20,22H,5,8-10,13,15-16H2,1-3H3,(H,32,33)/t18-,20-,22-/m0/s1. The molecule has 1 fully saturated rings. The number of benzene rings is 2. The first-order chi connectivity index (χ1) is 17.4. The van der Waals surface area contributed by atoms with Crippen LogP contribution in [-0.2, 0) is 27.1 Å². The van der Waals surface area contributed by atoms with Gasteiger partial charge >= 0.3 is 12.1 Å². The van der Waals surface area contributed by atoms with Crippen LogP contribution in [0.25, 0.3) is 11.0 Å². The van der Waals surface area contributed by atoms with Crippen molar-refractivity contribution in [1.82, 2.24) is 9.55 Å². The van der Waals surface area contributed by atoms with Gasteiger partial charge in [-0.15, -0.1) is 0 Å². The second-order valence-corrected chi connectivity index (χ2v) is 9.94. The van der Waals surface area contributed by atoms with E-state index < -0.39 is 11.9 Å². The molecule has 3 aromatic rings. The normalized spacial score (nSPS) is 20.7. The van der Waals surface area contributed by atoms with Crippen molar-refractivity contribution in [2.75, 3.05) is 25.2 Å². The number of carboxylic acid groups (broad SMARTS) is 1. The number of aryl methyl sites for hydroxylation is 2. The van der Waals surface area contributed by atoms with Crippen molar-refractivity contribution in [2.24, 2.45) is 0 Å². The summed E-state index contributed by atoms with van der Waals surface area (Å²) in [5, 5.41) is 10.2. The molecule has 1 amide bonds. The molecule has 1 saturated heterocycles. The lowest BCUT2D eigenvalue weighted by Gasteiger charge is -2.34. The number of amides is 1. The Hall–Kier alpha value is -3.39. The summed E-state index contributed by atoms with van der Waals surface area (Å²) in [5.41, 5.74) is 5.43. The van der Waals surface area contributed by atoms with Crippen molar-refractivity contribution in [3.8, 4) is 0 Å². The summed E-state index contributed by atoms with van der Waals surface area (Å²) in [7, 11) is 1.40. The molecule has 5 rings (SSSR count). The topological polar surface area (TPSA) is 93.9 Å². The molecule has 3 atom stereocenters. The zero-order valence-electron chi connectivity index (χ0n) is 21.1. The Kier molecular flexibility index (Phi) is 6.71. The number of carbonyl (C=O) groups is 2. The van der Waals surface area contributed by atoms with Crippen LogP contribution >= 0.6 is 0 Å².